The predicted octanol–water partition coefficient (Wildman–Crippen LogP) is 0.0217. The minimum Gasteiger partial charge on any atom is -0.444 e. The normalized spacial score (nSPS) is 15.4. The molecule has 4 heteroatoms. The van der Waals surface area contributed by atoms with Gasteiger partial charge in [0.1, 0.15) is 9.76 Å². The average Bonchev–Trinajstić information content (AvgIpc) is 1.68. The fourth-order valence-electron chi connectivity index (χ4n) is 0.518. The maximum Gasteiger partial charge on any atom is 0.307 e. The molecule has 0 aliphatic heterocycles. The first-order valence-electron chi connectivity index (χ1n) is 3.04. The van der Waals surface area contributed by atoms with E-state index in [1.54, 1.807) is 0 Å². The van der Waals surface area contributed by atoms with E-state index in [2.05, 4.69) is 13.1 Å². The molecule has 0 aromatic rings. The molecule has 2 nitrogen and oxygen atoms in total. The van der Waals surface area contributed by atoms with Crippen molar-refractivity contribution >= 4 is 19.0 Å². The van der Waals surface area contributed by atoms with Crippen molar-refractivity contribution in [1.29, 1.82) is 0 Å². The Balaban J connectivity index is 2.92. The molecule has 0 rings (SSSR count). The molecule has 8 heavy (non-hydrogen) atoms. The zero-order chi connectivity index (χ0) is 6.41. The maximum absolute atomic E-state index is 5.34. The van der Waals surface area contributed by atoms with Gasteiger partial charge in [-0.2, -0.15) is 0 Å². The third kappa shape index (κ3) is 4.51. The second-order valence-electron chi connectivity index (χ2n) is 1.48. The van der Waals surface area contributed by atoms with E-state index >= 15 is 0 Å². The van der Waals surface area contributed by atoms with Crippen LogP contribution < -0.4 is 0 Å². The highest BCUT2D eigenvalue weighted by atomic mass is 28.4. The molecule has 0 aliphatic rings. The van der Waals surface area contributed by atoms with Gasteiger partial charge in [0.2, 0.25) is 0 Å². The van der Waals surface area contributed by atoms with E-state index in [0.717, 1.165) is 6.61 Å². The second kappa shape index (κ2) is 5.49. The molecule has 0 aromatic heterocycles. The smallest absolute Gasteiger partial charge is 0.307 e. The van der Waals surface area contributed by atoms with Gasteiger partial charge in [-0.15, -0.1) is 0 Å². The molecular weight excluding hydrogens is 136 g/mol. The molecule has 0 amide bonds. The lowest BCUT2D eigenvalue weighted by Gasteiger charge is -2.07. The average molecular weight is 150 g/mol. The van der Waals surface area contributed by atoms with Crippen molar-refractivity contribution in [2.75, 3.05) is 6.61 Å². The predicted molar refractivity (Wildman–Crippen MR) is 40.1 cm³/mol. The zero-order valence-electron chi connectivity index (χ0n) is 5.81. The van der Waals surface area contributed by atoms with Gasteiger partial charge < -0.3 is 8.54 Å². The summed E-state index contributed by atoms with van der Waals surface area (Å²) in [6.07, 6.45) is 0. The summed E-state index contributed by atoms with van der Waals surface area (Å²) in [5, 5.41) is 0. The minimum atomic E-state index is -1.14. The van der Waals surface area contributed by atoms with Crippen LogP contribution in [0.25, 0.3) is 0 Å². The Morgan fingerprint density at radius 1 is 1.62 bits per heavy atom. The molecule has 0 aromatic carbocycles. The van der Waals surface area contributed by atoms with Gasteiger partial charge in [0, 0.05) is 6.61 Å². The Bertz CT molecular complexity index is 45.3. The number of rotatable bonds is 4. The van der Waals surface area contributed by atoms with E-state index in [0.29, 0.717) is 0 Å². The van der Waals surface area contributed by atoms with Crippen molar-refractivity contribution in [2.45, 2.75) is 20.0 Å². The molecule has 0 radical (unpaired) electrons. The maximum atomic E-state index is 5.34. The Kier molecular flexibility index (Phi) is 5.73. The highest BCUT2D eigenvalue weighted by Crippen LogP contribution is 1.84. The molecule has 1 unspecified atom stereocenters. The van der Waals surface area contributed by atoms with E-state index in [1.165, 1.54) is 0 Å². The van der Waals surface area contributed by atoms with Crippen LogP contribution in [0.2, 0.25) is 13.1 Å². The Morgan fingerprint density at radius 2 is 2.25 bits per heavy atom. The highest BCUT2D eigenvalue weighted by Gasteiger charge is 1.99. The molecular formula is C4H14O2Si2. The van der Waals surface area contributed by atoms with Crippen molar-refractivity contribution in [2.24, 2.45) is 0 Å². The summed E-state index contributed by atoms with van der Waals surface area (Å²) < 4.78 is 10.6. The van der Waals surface area contributed by atoms with Crippen LogP contribution in [0.3, 0.4) is 0 Å². The molecule has 0 bridgehead atoms. The van der Waals surface area contributed by atoms with Crippen LogP contribution in [-0.4, -0.2) is 25.7 Å². The Hall–Kier alpha value is 0.354. The van der Waals surface area contributed by atoms with Crippen molar-refractivity contribution in [1.82, 2.24) is 0 Å². The number of hydrogen-bond donors (Lipinski definition) is 0. The van der Waals surface area contributed by atoms with Gasteiger partial charge in [0.05, 0.1) is 0 Å². The van der Waals surface area contributed by atoms with Crippen LogP contribution in [0.15, 0.2) is 0 Å². The fourth-order valence-corrected chi connectivity index (χ4v) is 3.25. The third-order valence-electron chi connectivity index (χ3n) is 0.803. The summed E-state index contributed by atoms with van der Waals surface area (Å²) in [6.45, 7) is 7.01. The van der Waals surface area contributed by atoms with Gasteiger partial charge >= 0.3 is 9.28 Å². The summed E-state index contributed by atoms with van der Waals surface area (Å²) in [5.41, 5.74) is 0. The van der Waals surface area contributed by atoms with Crippen LogP contribution in [0.5, 0.6) is 0 Å². The summed E-state index contributed by atoms with van der Waals surface area (Å²) in [4.78, 5) is 0. The van der Waals surface area contributed by atoms with Crippen LogP contribution in [0.4, 0.5) is 0 Å². The van der Waals surface area contributed by atoms with Gasteiger partial charge in [-0.25, -0.2) is 0 Å². The van der Waals surface area contributed by atoms with E-state index in [1.807, 2.05) is 6.92 Å². The molecule has 0 aliphatic carbocycles. The topological polar surface area (TPSA) is 18.5 Å². The molecule has 0 saturated heterocycles. The van der Waals surface area contributed by atoms with Crippen LogP contribution in [0.1, 0.15) is 6.92 Å². The molecule has 0 spiro atoms. The van der Waals surface area contributed by atoms with E-state index in [4.69, 9.17) is 8.54 Å². The van der Waals surface area contributed by atoms with Gasteiger partial charge in [-0.3, -0.25) is 0 Å². The summed E-state index contributed by atoms with van der Waals surface area (Å²) in [6, 6.07) is 0. The fraction of sp³-hybridized carbons (Fsp3) is 1.00. The molecule has 50 valence electrons. The largest absolute Gasteiger partial charge is 0.444 e. The quantitative estimate of drug-likeness (QED) is 0.526. The van der Waals surface area contributed by atoms with E-state index in [9.17, 15) is 0 Å². The van der Waals surface area contributed by atoms with Gasteiger partial charge in [-0.05, 0) is 13.5 Å². The molecule has 0 fully saturated rings. The molecule has 0 N–H and O–H groups in total. The first kappa shape index (κ1) is 8.35. The van der Waals surface area contributed by atoms with Crippen LogP contribution >= 0.6 is 0 Å². The van der Waals surface area contributed by atoms with Gasteiger partial charge in [0.25, 0.3) is 0 Å². The second-order valence-corrected chi connectivity index (χ2v) is 4.86. The van der Waals surface area contributed by atoms with Crippen LogP contribution in [-0.2, 0) is 8.54 Å². The van der Waals surface area contributed by atoms with Crippen molar-refractivity contribution in [3.8, 4) is 0 Å². The van der Waals surface area contributed by atoms with Gasteiger partial charge in [-0.1, -0.05) is 6.55 Å². The lowest BCUT2D eigenvalue weighted by Crippen LogP contribution is -2.19. The summed E-state index contributed by atoms with van der Waals surface area (Å²) in [5.74, 6) is 0. The van der Waals surface area contributed by atoms with Crippen LogP contribution in [0, 0.1) is 0 Å². The molecule has 0 heterocycles. The SMILES string of the molecule is CCO[SiH](C)O[SiH2]C. The lowest BCUT2D eigenvalue weighted by atomic mass is 10.9. The molecule has 0 saturated carbocycles. The van der Waals surface area contributed by atoms with Gasteiger partial charge in [0.15, 0.2) is 0 Å². The first-order valence-corrected chi connectivity index (χ1v) is 7.13. The Labute approximate surface area is 55.0 Å². The minimum absolute atomic E-state index is 0.217. The number of hydrogen-bond acceptors (Lipinski definition) is 2. The first-order chi connectivity index (χ1) is 3.81. The molecule has 1 atom stereocenters. The third-order valence-corrected chi connectivity index (χ3v) is 4.82. The summed E-state index contributed by atoms with van der Waals surface area (Å²) in [7, 11) is -1.36. The lowest BCUT2D eigenvalue weighted by molar-refractivity contribution is 0.292. The monoisotopic (exact) mass is 150 g/mol. The standard InChI is InChI=1S/C4H14O2Si2/c1-4-5-8(3)6-7-2/h8H,4,7H2,1-3H3. The highest BCUT2D eigenvalue weighted by molar-refractivity contribution is 6.51. The van der Waals surface area contributed by atoms with Crippen molar-refractivity contribution in [3.63, 3.8) is 0 Å². The zero-order valence-corrected chi connectivity index (χ0v) is 8.38. The summed E-state index contributed by atoms with van der Waals surface area (Å²) >= 11 is 0. The van der Waals surface area contributed by atoms with Crippen molar-refractivity contribution in [3.05, 3.63) is 0 Å². The van der Waals surface area contributed by atoms with Crippen molar-refractivity contribution < 1.29 is 8.54 Å². The van der Waals surface area contributed by atoms with E-state index < -0.39 is 9.28 Å². The van der Waals surface area contributed by atoms with E-state index in [-0.39, 0.29) is 9.76 Å². The Morgan fingerprint density at radius 3 is 2.62 bits per heavy atom.